The molecule has 1 aromatic heterocycles. The highest BCUT2D eigenvalue weighted by Crippen LogP contribution is 2.30. The van der Waals surface area contributed by atoms with Crippen LogP contribution in [-0.4, -0.2) is 47.3 Å². The third-order valence-electron chi connectivity index (χ3n) is 3.60. The Morgan fingerprint density at radius 3 is 2.65 bits per heavy atom. The molecule has 0 aliphatic carbocycles. The lowest BCUT2D eigenvalue weighted by molar-refractivity contribution is -0.137. The van der Waals surface area contributed by atoms with Crippen molar-refractivity contribution in [1.82, 2.24) is 9.88 Å². The van der Waals surface area contributed by atoms with Crippen LogP contribution in [0.2, 0.25) is 0 Å². The SMILES string of the molecule is CN1CCC(O)(CNc2cc(C(F)(F)F)ccn2)CC1. The molecular formula is C13H18F3N3O. The molecule has 20 heavy (non-hydrogen) atoms. The van der Waals surface area contributed by atoms with Gasteiger partial charge >= 0.3 is 6.18 Å². The Balaban J connectivity index is 1.97. The summed E-state index contributed by atoms with van der Waals surface area (Å²) in [5.41, 5.74) is -1.63. The second-order valence-electron chi connectivity index (χ2n) is 5.31. The minimum Gasteiger partial charge on any atom is -0.388 e. The number of aliphatic hydroxyl groups is 1. The van der Waals surface area contributed by atoms with Gasteiger partial charge in [-0.2, -0.15) is 13.2 Å². The van der Waals surface area contributed by atoms with Crippen LogP contribution < -0.4 is 5.32 Å². The maximum absolute atomic E-state index is 12.6. The number of hydrogen-bond acceptors (Lipinski definition) is 4. The van der Waals surface area contributed by atoms with Gasteiger partial charge in [0.15, 0.2) is 0 Å². The highest BCUT2D eigenvalue weighted by atomic mass is 19.4. The molecule has 0 aromatic carbocycles. The van der Waals surface area contributed by atoms with Gasteiger partial charge in [-0.05, 0) is 32.0 Å². The van der Waals surface area contributed by atoms with Crippen molar-refractivity contribution in [2.75, 3.05) is 32.0 Å². The van der Waals surface area contributed by atoms with Gasteiger partial charge in [0.05, 0.1) is 11.2 Å². The van der Waals surface area contributed by atoms with Crippen LogP contribution >= 0.6 is 0 Å². The monoisotopic (exact) mass is 289 g/mol. The lowest BCUT2D eigenvalue weighted by atomic mass is 9.91. The first-order valence-corrected chi connectivity index (χ1v) is 6.47. The van der Waals surface area contributed by atoms with Crippen LogP contribution in [0.5, 0.6) is 0 Å². The van der Waals surface area contributed by atoms with Gasteiger partial charge in [-0.25, -0.2) is 4.98 Å². The highest BCUT2D eigenvalue weighted by molar-refractivity contribution is 5.39. The first kappa shape index (κ1) is 15.1. The molecular weight excluding hydrogens is 271 g/mol. The predicted molar refractivity (Wildman–Crippen MR) is 69.4 cm³/mol. The number of alkyl halides is 3. The van der Waals surface area contributed by atoms with Gasteiger partial charge < -0.3 is 15.3 Å². The molecule has 1 aromatic rings. The number of aromatic nitrogens is 1. The third-order valence-corrected chi connectivity index (χ3v) is 3.60. The molecule has 0 bridgehead atoms. The van der Waals surface area contributed by atoms with Crippen molar-refractivity contribution in [1.29, 1.82) is 0 Å². The predicted octanol–water partition coefficient (Wildman–Crippen LogP) is 1.97. The second kappa shape index (κ2) is 5.57. The van der Waals surface area contributed by atoms with E-state index in [1.807, 2.05) is 7.05 Å². The van der Waals surface area contributed by atoms with E-state index in [0.717, 1.165) is 31.4 Å². The number of pyridine rings is 1. The van der Waals surface area contributed by atoms with Gasteiger partial charge in [0.2, 0.25) is 0 Å². The standard InChI is InChI=1S/C13H18F3N3O/c1-19-6-3-12(20,4-7-19)9-18-11-8-10(2-5-17-11)13(14,15)16/h2,5,8,20H,3-4,6-7,9H2,1H3,(H,17,18). The van der Waals surface area contributed by atoms with Crippen LogP contribution in [0.3, 0.4) is 0 Å². The van der Waals surface area contributed by atoms with E-state index in [1.54, 1.807) is 0 Å². The van der Waals surface area contributed by atoms with E-state index in [2.05, 4.69) is 15.2 Å². The van der Waals surface area contributed by atoms with Crippen LogP contribution in [0.1, 0.15) is 18.4 Å². The first-order valence-electron chi connectivity index (χ1n) is 6.47. The molecule has 0 amide bonds. The third kappa shape index (κ3) is 3.83. The molecule has 0 atom stereocenters. The number of hydrogen-bond donors (Lipinski definition) is 2. The van der Waals surface area contributed by atoms with E-state index in [9.17, 15) is 18.3 Å². The van der Waals surface area contributed by atoms with Gasteiger partial charge in [0, 0.05) is 25.8 Å². The first-order chi connectivity index (χ1) is 9.28. The fraction of sp³-hybridized carbons (Fsp3) is 0.615. The highest BCUT2D eigenvalue weighted by Gasteiger charge is 2.32. The number of piperidine rings is 1. The van der Waals surface area contributed by atoms with E-state index in [-0.39, 0.29) is 12.4 Å². The van der Waals surface area contributed by atoms with Gasteiger partial charge in [-0.15, -0.1) is 0 Å². The minimum absolute atomic E-state index is 0.132. The molecule has 0 unspecified atom stereocenters. The summed E-state index contributed by atoms with van der Waals surface area (Å²) in [5, 5.41) is 13.1. The Kier molecular flexibility index (Phi) is 4.19. The maximum Gasteiger partial charge on any atom is 0.416 e. The molecule has 7 heteroatoms. The Bertz CT molecular complexity index is 456. The Morgan fingerprint density at radius 1 is 1.40 bits per heavy atom. The minimum atomic E-state index is -4.39. The van der Waals surface area contributed by atoms with Crippen molar-refractivity contribution in [3.8, 4) is 0 Å². The van der Waals surface area contributed by atoms with Crippen molar-refractivity contribution in [2.45, 2.75) is 24.6 Å². The molecule has 0 spiro atoms. The van der Waals surface area contributed by atoms with Gasteiger partial charge in [0.1, 0.15) is 5.82 Å². The van der Waals surface area contributed by atoms with E-state index >= 15 is 0 Å². The lowest BCUT2D eigenvalue weighted by Crippen LogP contribution is -2.47. The normalized spacial score (nSPS) is 19.9. The zero-order valence-electron chi connectivity index (χ0n) is 11.2. The molecule has 0 saturated carbocycles. The van der Waals surface area contributed by atoms with Crippen LogP contribution in [0.4, 0.5) is 19.0 Å². The largest absolute Gasteiger partial charge is 0.416 e. The lowest BCUT2D eigenvalue weighted by Gasteiger charge is -2.36. The zero-order valence-corrected chi connectivity index (χ0v) is 11.2. The molecule has 1 aliphatic rings. The Hall–Kier alpha value is -1.34. The fourth-order valence-corrected chi connectivity index (χ4v) is 2.17. The van der Waals surface area contributed by atoms with Crippen molar-refractivity contribution in [3.05, 3.63) is 23.9 Å². The molecule has 1 aliphatic heterocycles. The number of nitrogens with zero attached hydrogens (tertiary/aromatic N) is 2. The topological polar surface area (TPSA) is 48.4 Å². The molecule has 4 nitrogen and oxygen atoms in total. The summed E-state index contributed by atoms with van der Waals surface area (Å²) in [6.45, 7) is 1.75. The van der Waals surface area contributed by atoms with E-state index in [1.165, 1.54) is 0 Å². The molecule has 2 heterocycles. The van der Waals surface area contributed by atoms with Crippen LogP contribution in [0.15, 0.2) is 18.3 Å². The summed E-state index contributed by atoms with van der Waals surface area (Å²) in [5.74, 6) is 0.132. The maximum atomic E-state index is 12.6. The van der Waals surface area contributed by atoms with Crippen molar-refractivity contribution >= 4 is 5.82 Å². The van der Waals surface area contributed by atoms with Crippen LogP contribution in [-0.2, 0) is 6.18 Å². The van der Waals surface area contributed by atoms with E-state index < -0.39 is 17.3 Å². The molecule has 0 radical (unpaired) electrons. The van der Waals surface area contributed by atoms with Crippen molar-refractivity contribution in [2.24, 2.45) is 0 Å². The van der Waals surface area contributed by atoms with E-state index in [0.29, 0.717) is 12.8 Å². The number of likely N-dealkylation sites (tertiary alicyclic amines) is 1. The summed E-state index contributed by atoms with van der Waals surface area (Å²) in [4.78, 5) is 5.96. The Morgan fingerprint density at radius 2 is 2.05 bits per heavy atom. The van der Waals surface area contributed by atoms with Crippen molar-refractivity contribution in [3.63, 3.8) is 0 Å². The summed E-state index contributed by atoms with van der Waals surface area (Å²) >= 11 is 0. The number of halogens is 3. The smallest absolute Gasteiger partial charge is 0.388 e. The summed E-state index contributed by atoms with van der Waals surface area (Å²) in [6, 6.07) is 1.88. The van der Waals surface area contributed by atoms with Crippen LogP contribution in [0.25, 0.3) is 0 Å². The molecule has 112 valence electrons. The quantitative estimate of drug-likeness (QED) is 0.893. The molecule has 1 saturated heterocycles. The van der Waals surface area contributed by atoms with Crippen LogP contribution in [0, 0.1) is 0 Å². The summed E-state index contributed by atoms with van der Waals surface area (Å²) < 4.78 is 37.7. The van der Waals surface area contributed by atoms with E-state index in [4.69, 9.17) is 0 Å². The second-order valence-corrected chi connectivity index (χ2v) is 5.31. The van der Waals surface area contributed by atoms with Gasteiger partial charge in [-0.1, -0.05) is 0 Å². The summed E-state index contributed by atoms with van der Waals surface area (Å²) in [7, 11) is 1.97. The zero-order chi connectivity index (χ0) is 14.8. The number of nitrogens with one attached hydrogen (secondary N) is 1. The number of anilines is 1. The summed E-state index contributed by atoms with van der Waals surface area (Å²) in [6.07, 6.45) is -2.08. The number of rotatable bonds is 3. The molecule has 2 N–H and O–H groups in total. The molecule has 2 rings (SSSR count). The van der Waals surface area contributed by atoms with Gasteiger partial charge in [0.25, 0.3) is 0 Å². The fourth-order valence-electron chi connectivity index (χ4n) is 2.17. The average molecular weight is 289 g/mol. The van der Waals surface area contributed by atoms with Crippen molar-refractivity contribution < 1.29 is 18.3 Å². The van der Waals surface area contributed by atoms with Gasteiger partial charge in [-0.3, -0.25) is 0 Å². The Labute approximate surface area is 115 Å². The average Bonchev–Trinajstić information content (AvgIpc) is 2.40. The molecule has 1 fully saturated rings.